The smallest absolute Gasteiger partial charge is 0.159 e. The molecule has 7 unspecified atom stereocenters. The lowest BCUT2D eigenvalue weighted by Crippen LogP contribution is -2.16. The first-order chi connectivity index (χ1) is 43.0. The van der Waals surface area contributed by atoms with Crippen molar-refractivity contribution in [2.45, 2.75) is 106 Å². The van der Waals surface area contributed by atoms with Crippen LogP contribution in [0, 0.1) is 0 Å². The van der Waals surface area contributed by atoms with Crippen LogP contribution in [0.3, 0.4) is 0 Å². The third-order valence-corrected chi connectivity index (χ3v) is 20.9. The molecule has 7 aliphatic carbocycles. The standard InChI is InChI=1S/C78H59N9/c1-4-13-43(14-5-1)46-19-10-22-55(31-46)76-79-40-61-73(85-76)67-52-28-25-49(34-52)64(67)70(82-61)58-37-59(71-65-50-26-29-53(35-50)68(65)74-62(83-71)41-80-77(86-74)56-23-11-20-47(32-56)44-15-6-2-7-16-44)39-60(38-58)72-66-51-27-30-54(36-51)69(66)75-63(84-72)42-81-78(87-75)57-24-12-21-48(33-57)45-17-8-3-9-18-45/h1-24,31-33,37-38,40-42,49-54,59H,25-30,34-36,39H2. The number of nitrogens with zero attached hydrogens (tertiary/aromatic N) is 9. The second-order valence-corrected chi connectivity index (χ2v) is 25.7. The van der Waals surface area contributed by atoms with Crippen molar-refractivity contribution in [1.82, 2.24) is 44.9 Å². The summed E-state index contributed by atoms with van der Waals surface area (Å²) in [5, 5.41) is 0. The topological polar surface area (TPSA) is 116 Å². The first-order valence-electron chi connectivity index (χ1n) is 31.6. The van der Waals surface area contributed by atoms with Gasteiger partial charge < -0.3 is 0 Å². The van der Waals surface area contributed by atoms with E-state index in [4.69, 9.17) is 44.9 Å². The van der Waals surface area contributed by atoms with E-state index in [2.05, 4.69) is 176 Å². The van der Waals surface area contributed by atoms with Crippen LogP contribution in [-0.2, 0) is 0 Å². The van der Waals surface area contributed by atoms with Crippen molar-refractivity contribution in [1.29, 1.82) is 0 Å². The van der Waals surface area contributed by atoms with Gasteiger partial charge in [-0.2, -0.15) is 0 Å². The number of benzene rings is 6. The molecule has 87 heavy (non-hydrogen) atoms. The Hall–Kier alpha value is -9.73. The molecule has 7 aliphatic rings. The minimum atomic E-state index is -0.0516. The van der Waals surface area contributed by atoms with Crippen molar-refractivity contribution in [3.8, 4) is 67.5 Å². The van der Waals surface area contributed by atoms with Gasteiger partial charge in [-0.1, -0.05) is 152 Å². The van der Waals surface area contributed by atoms with Crippen LogP contribution in [0.4, 0.5) is 0 Å². The van der Waals surface area contributed by atoms with Gasteiger partial charge in [0, 0.05) is 22.6 Å². The zero-order valence-corrected chi connectivity index (χ0v) is 48.1. The molecule has 7 atom stereocenters. The first-order valence-corrected chi connectivity index (χ1v) is 31.6. The lowest BCUT2D eigenvalue weighted by Gasteiger charge is -2.29. The third kappa shape index (κ3) is 7.93. The van der Waals surface area contributed by atoms with E-state index in [1.54, 1.807) is 0 Å². The number of hydrogen-bond acceptors (Lipinski definition) is 9. The zero-order chi connectivity index (χ0) is 56.8. The Kier molecular flexibility index (Phi) is 11.0. The lowest BCUT2D eigenvalue weighted by atomic mass is 9.77. The molecule has 0 radical (unpaired) electrons. The Labute approximate surface area is 504 Å². The third-order valence-electron chi connectivity index (χ3n) is 20.9. The maximum Gasteiger partial charge on any atom is 0.159 e. The van der Waals surface area contributed by atoms with Crippen molar-refractivity contribution in [3.05, 3.63) is 245 Å². The van der Waals surface area contributed by atoms with Crippen molar-refractivity contribution < 1.29 is 0 Å². The molecule has 3 fully saturated rings. The van der Waals surface area contributed by atoms with Crippen LogP contribution in [0.15, 0.2) is 195 Å². The summed E-state index contributed by atoms with van der Waals surface area (Å²) in [7, 11) is 0. The first kappa shape index (κ1) is 49.5. The predicted octanol–water partition coefficient (Wildman–Crippen LogP) is 18.5. The Morgan fingerprint density at radius 3 is 1.11 bits per heavy atom. The fourth-order valence-electron chi connectivity index (χ4n) is 17.2. The van der Waals surface area contributed by atoms with Crippen LogP contribution in [0.1, 0.15) is 156 Å². The van der Waals surface area contributed by atoms with Crippen LogP contribution in [0.2, 0.25) is 0 Å². The van der Waals surface area contributed by atoms with Crippen molar-refractivity contribution >= 4 is 44.2 Å². The second-order valence-electron chi connectivity index (χ2n) is 25.7. The Bertz CT molecular complexity index is 4940. The van der Waals surface area contributed by atoms with Crippen LogP contribution < -0.4 is 0 Å². The van der Waals surface area contributed by atoms with E-state index in [1.807, 2.05) is 18.6 Å². The van der Waals surface area contributed by atoms with Gasteiger partial charge in [-0.3, -0.25) is 0 Å². The highest BCUT2D eigenvalue weighted by Crippen LogP contribution is 2.61. The molecular weight excluding hydrogens is 1060 g/mol. The molecule has 6 bridgehead atoms. The van der Waals surface area contributed by atoms with Gasteiger partial charge >= 0.3 is 0 Å². The fraction of sp³-hybridized carbons (Fsp3) is 0.218. The quantitative estimate of drug-likeness (QED) is 0.139. The summed E-state index contributed by atoms with van der Waals surface area (Å²) in [4.78, 5) is 49.3. The van der Waals surface area contributed by atoms with Gasteiger partial charge in [0.1, 0.15) is 16.6 Å². The molecule has 19 rings (SSSR count). The van der Waals surface area contributed by atoms with Crippen LogP contribution in [0.25, 0.3) is 112 Å². The molecule has 6 aromatic heterocycles. The van der Waals surface area contributed by atoms with Gasteiger partial charge in [0.25, 0.3) is 0 Å². The number of fused-ring (bicyclic) bond motifs is 21. The minimum absolute atomic E-state index is 0.0516. The van der Waals surface area contributed by atoms with Gasteiger partial charge in [-0.25, -0.2) is 44.9 Å². The molecule has 0 aliphatic heterocycles. The van der Waals surface area contributed by atoms with E-state index < -0.39 is 0 Å². The average Bonchev–Trinajstić information content (AvgIpc) is 1.92. The fourth-order valence-corrected chi connectivity index (χ4v) is 17.2. The predicted molar refractivity (Wildman–Crippen MR) is 346 cm³/mol. The Balaban J connectivity index is 0.787. The summed E-state index contributed by atoms with van der Waals surface area (Å²) in [5.41, 5.74) is 29.7. The molecule has 6 heterocycles. The summed E-state index contributed by atoms with van der Waals surface area (Å²) in [6, 6.07) is 57.7. The molecule has 0 amide bonds. The van der Waals surface area contributed by atoms with Crippen molar-refractivity contribution in [2.24, 2.45) is 0 Å². The molecule has 416 valence electrons. The zero-order valence-electron chi connectivity index (χ0n) is 48.1. The molecule has 3 saturated carbocycles. The molecular formula is C78H59N9. The Morgan fingerprint density at radius 1 is 0.310 bits per heavy atom. The van der Waals surface area contributed by atoms with E-state index in [1.165, 1.54) is 80.6 Å². The van der Waals surface area contributed by atoms with Gasteiger partial charge in [0.15, 0.2) is 17.5 Å². The molecule has 9 nitrogen and oxygen atoms in total. The van der Waals surface area contributed by atoms with Crippen LogP contribution >= 0.6 is 0 Å². The highest BCUT2D eigenvalue weighted by molar-refractivity contribution is 5.95. The molecule has 0 spiro atoms. The lowest BCUT2D eigenvalue weighted by molar-refractivity contribution is 0.689. The number of rotatable bonds is 9. The SMILES string of the molecule is C1=C(c2nc3cnc(-c4cccc(-c5ccccc5)c4)nc3c3c2C2CCC3C2)C=C(c2nc3cnc(-c4cccc(-c5ccccc5)c4)nc3c3c2C2CCC3C2)CC1c1nc2cnc(-c3cccc(-c4ccccc4)c3)nc2c2c1C1CCC2C1. The normalized spacial score (nSPS) is 21.8. The van der Waals surface area contributed by atoms with Gasteiger partial charge in [0.2, 0.25) is 0 Å². The highest BCUT2D eigenvalue weighted by atomic mass is 14.9. The summed E-state index contributed by atoms with van der Waals surface area (Å²) >= 11 is 0. The van der Waals surface area contributed by atoms with E-state index in [0.717, 1.165) is 146 Å². The van der Waals surface area contributed by atoms with Crippen molar-refractivity contribution in [2.75, 3.05) is 0 Å². The monoisotopic (exact) mass is 1120 g/mol. The van der Waals surface area contributed by atoms with Crippen LogP contribution in [-0.4, -0.2) is 44.9 Å². The van der Waals surface area contributed by atoms with E-state index in [9.17, 15) is 0 Å². The molecule has 0 saturated heterocycles. The van der Waals surface area contributed by atoms with Crippen molar-refractivity contribution in [3.63, 3.8) is 0 Å². The van der Waals surface area contributed by atoms with Gasteiger partial charge in [0.05, 0.1) is 52.2 Å². The molecule has 9 heteroatoms. The summed E-state index contributed by atoms with van der Waals surface area (Å²) in [6.07, 6.45) is 22.2. The van der Waals surface area contributed by atoms with E-state index >= 15 is 0 Å². The summed E-state index contributed by atoms with van der Waals surface area (Å²) in [5.74, 6) is 4.73. The van der Waals surface area contributed by atoms with E-state index in [0.29, 0.717) is 35.5 Å². The molecule has 12 aromatic rings. The average molecular weight is 1120 g/mol. The van der Waals surface area contributed by atoms with Crippen LogP contribution in [0.5, 0.6) is 0 Å². The van der Waals surface area contributed by atoms with E-state index in [-0.39, 0.29) is 5.92 Å². The Morgan fingerprint density at radius 2 is 0.667 bits per heavy atom. The minimum Gasteiger partial charge on any atom is -0.249 e. The summed E-state index contributed by atoms with van der Waals surface area (Å²) < 4.78 is 0. The number of hydrogen-bond donors (Lipinski definition) is 0. The highest BCUT2D eigenvalue weighted by Gasteiger charge is 2.46. The number of pyridine rings is 3. The molecule has 0 N–H and O–H groups in total. The molecule has 6 aromatic carbocycles. The maximum atomic E-state index is 5.82. The van der Waals surface area contributed by atoms with Gasteiger partial charge in [-0.05, 0) is 202 Å². The number of allylic oxidation sites excluding steroid dienone is 4. The number of aromatic nitrogens is 9. The van der Waals surface area contributed by atoms with Gasteiger partial charge in [-0.15, -0.1) is 0 Å². The second kappa shape index (κ2) is 19.4. The summed E-state index contributed by atoms with van der Waals surface area (Å²) in [6.45, 7) is 0. The largest absolute Gasteiger partial charge is 0.249 e. The maximum absolute atomic E-state index is 5.82.